The van der Waals surface area contributed by atoms with Crippen LogP contribution in [0, 0.1) is 0 Å². The van der Waals surface area contributed by atoms with Crippen LogP contribution in [0.5, 0.6) is 0 Å². The van der Waals surface area contributed by atoms with Gasteiger partial charge in [0.1, 0.15) is 0 Å². The summed E-state index contributed by atoms with van der Waals surface area (Å²) >= 11 is 1.40. The van der Waals surface area contributed by atoms with Crippen LogP contribution in [0.1, 0.15) is 25.0 Å². The highest BCUT2D eigenvalue weighted by atomic mass is 32.1. The van der Waals surface area contributed by atoms with Crippen LogP contribution >= 0.6 is 11.3 Å². The van der Waals surface area contributed by atoms with E-state index in [0.29, 0.717) is 24.5 Å². The summed E-state index contributed by atoms with van der Waals surface area (Å²) in [7, 11) is 0. The van der Waals surface area contributed by atoms with E-state index in [0.717, 1.165) is 25.1 Å². The summed E-state index contributed by atoms with van der Waals surface area (Å²) in [5.41, 5.74) is 6.41. The van der Waals surface area contributed by atoms with Gasteiger partial charge in [-0.05, 0) is 19.3 Å². The number of nitrogen functional groups attached to an aromatic ring is 1. The molecule has 0 saturated carbocycles. The Morgan fingerprint density at radius 2 is 2.59 bits per heavy atom. The molecular weight excluding hydrogens is 238 g/mol. The maximum atomic E-state index is 11.6. The molecule has 17 heavy (non-hydrogen) atoms. The van der Waals surface area contributed by atoms with E-state index in [4.69, 9.17) is 10.5 Å². The average Bonchev–Trinajstić information content (AvgIpc) is 2.95. The molecule has 1 amide bonds. The van der Waals surface area contributed by atoms with Gasteiger partial charge in [-0.25, -0.2) is 4.98 Å². The Kier molecular flexibility index (Phi) is 4.33. The van der Waals surface area contributed by atoms with Gasteiger partial charge in [-0.2, -0.15) is 0 Å². The number of rotatable bonds is 5. The second-order valence-corrected chi connectivity index (χ2v) is 5.01. The van der Waals surface area contributed by atoms with E-state index in [1.165, 1.54) is 11.3 Å². The number of carbonyl (C=O) groups is 1. The Morgan fingerprint density at radius 3 is 3.24 bits per heavy atom. The minimum Gasteiger partial charge on any atom is -0.376 e. The van der Waals surface area contributed by atoms with Gasteiger partial charge < -0.3 is 15.8 Å². The Hall–Kier alpha value is -1.14. The Bertz CT molecular complexity index is 375. The molecule has 0 aromatic carbocycles. The van der Waals surface area contributed by atoms with Crippen molar-refractivity contribution >= 4 is 22.4 Å². The summed E-state index contributed by atoms with van der Waals surface area (Å²) < 4.78 is 5.43. The van der Waals surface area contributed by atoms with Crippen LogP contribution in [-0.2, 0) is 16.0 Å². The molecule has 1 aromatic heterocycles. The lowest BCUT2D eigenvalue weighted by atomic mass is 10.2. The Labute approximate surface area is 104 Å². The van der Waals surface area contributed by atoms with Crippen molar-refractivity contribution in [1.29, 1.82) is 0 Å². The van der Waals surface area contributed by atoms with Gasteiger partial charge in [0.25, 0.3) is 0 Å². The van der Waals surface area contributed by atoms with Crippen molar-refractivity contribution in [2.24, 2.45) is 0 Å². The fraction of sp³-hybridized carbons (Fsp3) is 0.636. The molecule has 1 saturated heterocycles. The van der Waals surface area contributed by atoms with Crippen molar-refractivity contribution in [3.63, 3.8) is 0 Å². The SMILES string of the molecule is Nc1nc(CCC(=O)NCC2CCCO2)cs1. The molecule has 2 rings (SSSR count). The van der Waals surface area contributed by atoms with Gasteiger partial charge in [0.15, 0.2) is 5.13 Å². The molecular formula is C11H17N3O2S. The number of hydrogen-bond acceptors (Lipinski definition) is 5. The number of nitrogens with one attached hydrogen (secondary N) is 1. The largest absolute Gasteiger partial charge is 0.376 e. The lowest BCUT2D eigenvalue weighted by Gasteiger charge is -2.10. The molecule has 1 fully saturated rings. The fourth-order valence-electron chi connectivity index (χ4n) is 1.80. The predicted molar refractivity (Wildman–Crippen MR) is 66.8 cm³/mol. The van der Waals surface area contributed by atoms with Gasteiger partial charge in [0, 0.05) is 25.0 Å². The van der Waals surface area contributed by atoms with E-state index in [9.17, 15) is 4.79 Å². The van der Waals surface area contributed by atoms with Crippen LogP contribution in [0.15, 0.2) is 5.38 Å². The molecule has 94 valence electrons. The van der Waals surface area contributed by atoms with Crippen molar-refractivity contribution in [3.05, 3.63) is 11.1 Å². The van der Waals surface area contributed by atoms with Gasteiger partial charge >= 0.3 is 0 Å². The Morgan fingerprint density at radius 1 is 1.71 bits per heavy atom. The summed E-state index contributed by atoms with van der Waals surface area (Å²) in [6.45, 7) is 1.44. The second kappa shape index (κ2) is 5.97. The smallest absolute Gasteiger partial charge is 0.220 e. The number of anilines is 1. The molecule has 3 N–H and O–H groups in total. The summed E-state index contributed by atoms with van der Waals surface area (Å²) in [6, 6.07) is 0. The van der Waals surface area contributed by atoms with Crippen LogP contribution in [0.2, 0.25) is 0 Å². The van der Waals surface area contributed by atoms with E-state index >= 15 is 0 Å². The minimum atomic E-state index is 0.0482. The molecule has 1 atom stereocenters. The molecule has 0 radical (unpaired) electrons. The van der Waals surface area contributed by atoms with Crippen LogP contribution in [0.3, 0.4) is 0 Å². The molecule has 1 unspecified atom stereocenters. The first-order valence-electron chi connectivity index (χ1n) is 5.82. The van der Waals surface area contributed by atoms with Crippen LogP contribution in [-0.4, -0.2) is 30.1 Å². The van der Waals surface area contributed by atoms with Crippen LogP contribution in [0.4, 0.5) is 5.13 Å². The number of nitrogens with two attached hydrogens (primary N) is 1. The van der Waals surface area contributed by atoms with Crippen molar-refractivity contribution < 1.29 is 9.53 Å². The third-order valence-electron chi connectivity index (χ3n) is 2.73. The monoisotopic (exact) mass is 255 g/mol. The third-order valence-corrected chi connectivity index (χ3v) is 3.45. The molecule has 2 heterocycles. The van der Waals surface area contributed by atoms with Gasteiger partial charge in [0.2, 0.25) is 5.91 Å². The number of nitrogens with zero attached hydrogens (tertiary/aromatic N) is 1. The molecule has 0 spiro atoms. The number of aromatic nitrogens is 1. The maximum absolute atomic E-state index is 11.6. The molecule has 1 aliphatic heterocycles. The zero-order valence-corrected chi connectivity index (χ0v) is 10.5. The first kappa shape index (κ1) is 12.3. The number of carbonyl (C=O) groups excluding carboxylic acids is 1. The van der Waals surface area contributed by atoms with Crippen molar-refractivity contribution in [2.45, 2.75) is 31.8 Å². The molecule has 0 aliphatic carbocycles. The number of amides is 1. The summed E-state index contributed by atoms with van der Waals surface area (Å²) in [6.07, 6.45) is 3.44. The molecule has 1 aliphatic rings. The molecule has 5 nitrogen and oxygen atoms in total. The van der Waals surface area contributed by atoms with E-state index < -0.39 is 0 Å². The normalized spacial score (nSPS) is 19.4. The van der Waals surface area contributed by atoms with E-state index in [1.54, 1.807) is 0 Å². The zero-order valence-electron chi connectivity index (χ0n) is 9.65. The van der Waals surface area contributed by atoms with E-state index in [1.807, 2.05) is 5.38 Å². The first-order chi connectivity index (χ1) is 8.24. The average molecular weight is 255 g/mol. The van der Waals surface area contributed by atoms with E-state index in [-0.39, 0.29) is 12.0 Å². The zero-order chi connectivity index (χ0) is 12.1. The molecule has 6 heteroatoms. The topological polar surface area (TPSA) is 77.2 Å². The highest BCUT2D eigenvalue weighted by molar-refractivity contribution is 7.13. The highest BCUT2D eigenvalue weighted by Gasteiger charge is 2.16. The van der Waals surface area contributed by atoms with Crippen LogP contribution in [0.25, 0.3) is 0 Å². The summed E-state index contributed by atoms with van der Waals surface area (Å²) in [5, 5.41) is 5.33. The minimum absolute atomic E-state index is 0.0482. The number of aryl methyl sites for hydroxylation is 1. The lowest BCUT2D eigenvalue weighted by molar-refractivity contribution is -0.121. The standard InChI is InChI=1S/C11H17N3O2S/c12-11-14-8(7-17-11)3-4-10(15)13-6-9-2-1-5-16-9/h7,9H,1-6H2,(H2,12,14)(H,13,15). The van der Waals surface area contributed by atoms with Crippen molar-refractivity contribution in [1.82, 2.24) is 10.3 Å². The van der Waals surface area contributed by atoms with Gasteiger partial charge in [-0.15, -0.1) is 11.3 Å². The third kappa shape index (κ3) is 3.98. The Balaban J connectivity index is 1.63. The number of thiazole rings is 1. The van der Waals surface area contributed by atoms with Gasteiger partial charge in [-0.1, -0.05) is 0 Å². The predicted octanol–water partition coefficient (Wildman–Crippen LogP) is 0.953. The van der Waals surface area contributed by atoms with Gasteiger partial charge in [0.05, 0.1) is 11.8 Å². The highest BCUT2D eigenvalue weighted by Crippen LogP contribution is 2.13. The lowest BCUT2D eigenvalue weighted by Crippen LogP contribution is -2.31. The number of ether oxygens (including phenoxy) is 1. The maximum Gasteiger partial charge on any atom is 0.220 e. The first-order valence-corrected chi connectivity index (χ1v) is 6.70. The van der Waals surface area contributed by atoms with Crippen LogP contribution < -0.4 is 11.1 Å². The van der Waals surface area contributed by atoms with Crippen molar-refractivity contribution in [3.8, 4) is 0 Å². The van der Waals surface area contributed by atoms with Gasteiger partial charge in [-0.3, -0.25) is 4.79 Å². The molecule has 0 bridgehead atoms. The fourth-order valence-corrected chi connectivity index (χ4v) is 2.40. The summed E-state index contributed by atoms with van der Waals surface area (Å²) in [5.74, 6) is 0.0482. The van der Waals surface area contributed by atoms with Crippen molar-refractivity contribution in [2.75, 3.05) is 18.9 Å². The summed E-state index contributed by atoms with van der Waals surface area (Å²) in [4.78, 5) is 15.7. The number of hydrogen-bond donors (Lipinski definition) is 2. The quantitative estimate of drug-likeness (QED) is 0.821. The molecule has 1 aromatic rings. The van der Waals surface area contributed by atoms with E-state index in [2.05, 4.69) is 10.3 Å². The second-order valence-electron chi connectivity index (χ2n) is 4.12.